The van der Waals surface area contributed by atoms with E-state index in [1.165, 1.54) is 24.4 Å². The Morgan fingerprint density at radius 1 is 1.33 bits per heavy atom. The van der Waals surface area contributed by atoms with E-state index in [0.29, 0.717) is 12.2 Å². The lowest BCUT2D eigenvalue weighted by Gasteiger charge is -2.11. The van der Waals surface area contributed by atoms with Crippen LogP contribution in [0.1, 0.15) is 19.4 Å². The van der Waals surface area contributed by atoms with Gasteiger partial charge in [0.2, 0.25) is 0 Å². The van der Waals surface area contributed by atoms with Gasteiger partial charge in [0.15, 0.2) is 11.5 Å². The molecule has 0 bridgehead atoms. The quantitative estimate of drug-likeness (QED) is 0.621. The highest BCUT2D eigenvalue weighted by atomic mass is 19.3. The standard InChI is InChI=1S/C13H16F2N2O4/c1-3-19-11-7-9(5-6-10(11)21-12(14)15)8-16-17-13(18)20-4-2/h5-8,12H,3-4H2,1-2H3,(H,17,18)/b16-8-. The molecule has 1 N–H and O–H groups in total. The highest BCUT2D eigenvalue weighted by Crippen LogP contribution is 2.29. The molecule has 0 saturated carbocycles. The first-order valence-electron chi connectivity index (χ1n) is 6.24. The predicted octanol–water partition coefficient (Wildman–Crippen LogP) is 2.77. The van der Waals surface area contributed by atoms with Crippen molar-refractivity contribution in [1.82, 2.24) is 5.43 Å². The van der Waals surface area contributed by atoms with Crippen molar-refractivity contribution in [3.63, 3.8) is 0 Å². The second kappa shape index (κ2) is 8.72. The molecule has 0 radical (unpaired) electrons. The maximum absolute atomic E-state index is 12.2. The Morgan fingerprint density at radius 2 is 2.10 bits per heavy atom. The van der Waals surface area contributed by atoms with Gasteiger partial charge in [-0.1, -0.05) is 0 Å². The number of alkyl halides is 2. The lowest BCUT2D eigenvalue weighted by molar-refractivity contribution is -0.0514. The fourth-order valence-corrected chi connectivity index (χ4v) is 1.39. The number of nitrogens with zero attached hydrogens (tertiary/aromatic N) is 1. The van der Waals surface area contributed by atoms with E-state index in [1.807, 2.05) is 0 Å². The maximum atomic E-state index is 12.2. The molecule has 0 unspecified atom stereocenters. The van der Waals surface area contributed by atoms with Crippen molar-refractivity contribution < 1.29 is 27.8 Å². The first-order valence-corrected chi connectivity index (χ1v) is 6.24. The van der Waals surface area contributed by atoms with Gasteiger partial charge in [-0.15, -0.1) is 0 Å². The van der Waals surface area contributed by atoms with Gasteiger partial charge in [-0.3, -0.25) is 0 Å². The number of hydrogen-bond donors (Lipinski definition) is 1. The van der Waals surface area contributed by atoms with Crippen LogP contribution in [0.15, 0.2) is 23.3 Å². The van der Waals surface area contributed by atoms with Gasteiger partial charge in [0, 0.05) is 0 Å². The molecular weight excluding hydrogens is 286 g/mol. The topological polar surface area (TPSA) is 69.2 Å². The lowest BCUT2D eigenvalue weighted by Crippen LogP contribution is -2.18. The average Bonchev–Trinajstić information content (AvgIpc) is 2.41. The van der Waals surface area contributed by atoms with Crippen LogP contribution < -0.4 is 14.9 Å². The number of nitrogens with one attached hydrogen (secondary N) is 1. The van der Waals surface area contributed by atoms with Gasteiger partial charge in [0.25, 0.3) is 0 Å². The SMILES string of the molecule is CCOC(=O)N/N=C\c1ccc(OC(F)F)c(OCC)c1. The molecule has 0 spiro atoms. The zero-order chi connectivity index (χ0) is 15.7. The van der Waals surface area contributed by atoms with Crippen molar-refractivity contribution in [2.24, 2.45) is 5.10 Å². The zero-order valence-electron chi connectivity index (χ0n) is 11.6. The molecule has 0 heterocycles. The van der Waals surface area contributed by atoms with Crippen LogP contribution in [-0.4, -0.2) is 32.1 Å². The molecular formula is C13H16F2N2O4. The summed E-state index contributed by atoms with van der Waals surface area (Å²) in [6.45, 7) is 0.972. The van der Waals surface area contributed by atoms with Crippen LogP contribution in [0.2, 0.25) is 0 Å². The molecule has 1 rings (SSSR count). The first kappa shape index (κ1) is 16.7. The number of hydrazone groups is 1. The summed E-state index contributed by atoms with van der Waals surface area (Å²) in [6, 6.07) is 4.30. The van der Waals surface area contributed by atoms with Gasteiger partial charge in [-0.05, 0) is 37.6 Å². The van der Waals surface area contributed by atoms with Crippen molar-refractivity contribution in [2.75, 3.05) is 13.2 Å². The molecule has 8 heteroatoms. The number of rotatable bonds is 7. The number of carbonyl (C=O) groups is 1. The number of hydrogen-bond acceptors (Lipinski definition) is 5. The molecule has 1 aromatic carbocycles. The van der Waals surface area contributed by atoms with Gasteiger partial charge < -0.3 is 14.2 Å². The molecule has 0 aliphatic rings. The third kappa shape index (κ3) is 6.07. The zero-order valence-corrected chi connectivity index (χ0v) is 11.6. The molecule has 21 heavy (non-hydrogen) atoms. The van der Waals surface area contributed by atoms with Crippen LogP contribution >= 0.6 is 0 Å². The summed E-state index contributed by atoms with van der Waals surface area (Å²) in [5.74, 6) is 0.0974. The summed E-state index contributed by atoms with van der Waals surface area (Å²) in [7, 11) is 0. The Labute approximate surface area is 120 Å². The minimum absolute atomic E-state index is 0.0673. The molecule has 1 amide bonds. The van der Waals surface area contributed by atoms with Crippen LogP contribution in [-0.2, 0) is 4.74 Å². The number of benzene rings is 1. The second-order valence-electron chi connectivity index (χ2n) is 3.61. The second-order valence-corrected chi connectivity index (χ2v) is 3.61. The largest absolute Gasteiger partial charge is 0.490 e. The Balaban J connectivity index is 2.77. The van der Waals surface area contributed by atoms with Crippen LogP contribution in [0.25, 0.3) is 0 Å². The van der Waals surface area contributed by atoms with Crippen molar-refractivity contribution in [2.45, 2.75) is 20.5 Å². The van der Waals surface area contributed by atoms with Gasteiger partial charge in [-0.2, -0.15) is 13.9 Å². The van der Waals surface area contributed by atoms with Crippen LogP contribution in [0.4, 0.5) is 13.6 Å². The molecule has 0 atom stereocenters. The van der Waals surface area contributed by atoms with Gasteiger partial charge >= 0.3 is 12.7 Å². The molecule has 0 fully saturated rings. The summed E-state index contributed by atoms with van der Waals surface area (Å²) >= 11 is 0. The molecule has 6 nitrogen and oxygen atoms in total. The summed E-state index contributed by atoms with van der Waals surface area (Å²) < 4.78 is 38.6. The molecule has 0 aromatic heterocycles. The third-order valence-electron chi connectivity index (χ3n) is 2.13. The fourth-order valence-electron chi connectivity index (χ4n) is 1.39. The van der Waals surface area contributed by atoms with E-state index >= 15 is 0 Å². The van der Waals surface area contributed by atoms with E-state index in [9.17, 15) is 13.6 Å². The smallest absolute Gasteiger partial charge is 0.427 e. The number of ether oxygens (including phenoxy) is 3. The van der Waals surface area contributed by atoms with Crippen molar-refractivity contribution >= 4 is 12.3 Å². The van der Waals surface area contributed by atoms with E-state index in [2.05, 4.69) is 20.0 Å². The van der Waals surface area contributed by atoms with Gasteiger partial charge in [-0.25, -0.2) is 10.2 Å². The minimum atomic E-state index is -2.94. The molecule has 0 saturated heterocycles. The summed E-state index contributed by atoms with van der Waals surface area (Å²) in [5, 5.41) is 3.66. The summed E-state index contributed by atoms with van der Waals surface area (Å²) in [4.78, 5) is 11.0. The molecule has 1 aromatic rings. The van der Waals surface area contributed by atoms with E-state index in [-0.39, 0.29) is 18.1 Å². The third-order valence-corrected chi connectivity index (χ3v) is 2.13. The van der Waals surface area contributed by atoms with E-state index in [0.717, 1.165) is 0 Å². The Kier molecular flexibility index (Phi) is 6.93. The molecule has 0 aliphatic carbocycles. The van der Waals surface area contributed by atoms with E-state index in [1.54, 1.807) is 13.8 Å². The van der Waals surface area contributed by atoms with Crippen molar-refractivity contribution in [3.8, 4) is 11.5 Å². The fraction of sp³-hybridized carbons (Fsp3) is 0.385. The Hall–Kier alpha value is -2.38. The summed E-state index contributed by atoms with van der Waals surface area (Å²) in [6.07, 6.45) is 0.641. The normalized spacial score (nSPS) is 10.7. The molecule has 116 valence electrons. The first-order chi connectivity index (χ1) is 10.1. The minimum Gasteiger partial charge on any atom is -0.490 e. The maximum Gasteiger partial charge on any atom is 0.427 e. The van der Waals surface area contributed by atoms with Gasteiger partial charge in [0.1, 0.15) is 0 Å². The highest BCUT2D eigenvalue weighted by Gasteiger charge is 2.11. The van der Waals surface area contributed by atoms with Crippen LogP contribution in [0, 0.1) is 0 Å². The number of amides is 1. The van der Waals surface area contributed by atoms with Crippen molar-refractivity contribution in [3.05, 3.63) is 23.8 Å². The number of carbonyl (C=O) groups excluding carboxylic acids is 1. The monoisotopic (exact) mass is 302 g/mol. The molecule has 0 aliphatic heterocycles. The van der Waals surface area contributed by atoms with Crippen molar-refractivity contribution in [1.29, 1.82) is 0 Å². The van der Waals surface area contributed by atoms with Crippen LogP contribution in [0.3, 0.4) is 0 Å². The Morgan fingerprint density at radius 3 is 2.71 bits per heavy atom. The average molecular weight is 302 g/mol. The van der Waals surface area contributed by atoms with Gasteiger partial charge in [0.05, 0.1) is 19.4 Å². The van der Waals surface area contributed by atoms with E-state index in [4.69, 9.17) is 4.74 Å². The lowest BCUT2D eigenvalue weighted by atomic mass is 10.2. The summed E-state index contributed by atoms with van der Waals surface area (Å²) in [5.41, 5.74) is 2.69. The van der Waals surface area contributed by atoms with E-state index < -0.39 is 12.7 Å². The van der Waals surface area contributed by atoms with Crippen LogP contribution in [0.5, 0.6) is 11.5 Å². The number of halogens is 2. The Bertz CT molecular complexity index is 495. The predicted molar refractivity (Wildman–Crippen MR) is 72.0 cm³/mol. The highest BCUT2D eigenvalue weighted by molar-refractivity contribution is 5.82.